The van der Waals surface area contributed by atoms with Crippen molar-refractivity contribution in [1.82, 2.24) is 10.4 Å². The minimum absolute atomic E-state index is 0.0974. The van der Waals surface area contributed by atoms with E-state index < -0.39 is 0 Å². The number of hydrazine groups is 1. The predicted octanol–water partition coefficient (Wildman–Crippen LogP) is 2.94. The minimum atomic E-state index is -0.0974. The average molecular weight is 326 g/mol. The van der Waals surface area contributed by atoms with Gasteiger partial charge in [0.25, 0.3) is 5.91 Å². The number of nitrogens with two attached hydrogens (primary N) is 1. The summed E-state index contributed by atoms with van der Waals surface area (Å²) in [5.74, 6) is -0.0974. The van der Waals surface area contributed by atoms with Gasteiger partial charge in [0, 0.05) is 27.8 Å². The fraction of sp³-hybridized carbons (Fsp3) is 0.500. The highest BCUT2D eigenvalue weighted by Crippen LogP contribution is 2.22. The summed E-state index contributed by atoms with van der Waals surface area (Å²) in [6.45, 7) is 4.29. The second-order valence-electron chi connectivity index (χ2n) is 5.21. The van der Waals surface area contributed by atoms with Crippen molar-refractivity contribution in [3.05, 3.63) is 28.2 Å². The number of piperidine rings is 1. The summed E-state index contributed by atoms with van der Waals surface area (Å²) < 4.78 is 0.809. The quantitative estimate of drug-likeness (QED) is 0.822. The standard InChI is InChI=1S/C14H20BrN3O/c1-9-4-3-5-10(2)18(9)17-14(19)11-6-7-12(15)13(16)8-11/h6-10H,3-5,16H2,1-2H3,(H,17,19). The zero-order chi connectivity index (χ0) is 14.0. The van der Waals surface area contributed by atoms with Gasteiger partial charge in [-0.05, 0) is 60.8 Å². The zero-order valence-corrected chi connectivity index (χ0v) is 12.9. The molecular formula is C14H20BrN3O. The molecule has 0 aliphatic carbocycles. The van der Waals surface area contributed by atoms with Crippen LogP contribution in [-0.2, 0) is 0 Å². The van der Waals surface area contributed by atoms with Crippen LogP contribution in [0.15, 0.2) is 22.7 Å². The number of hydrogen-bond donors (Lipinski definition) is 2. The second-order valence-corrected chi connectivity index (χ2v) is 6.07. The van der Waals surface area contributed by atoms with Crippen LogP contribution < -0.4 is 11.2 Å². The third-order valence-electron chi connectivity index (χ3n) is 3.68. The first-order valence-electron chi connectivity index (χ1n) is 6.63. The van der Waals surface area contributed by atoms with Crippen LogP contribution in [0.4, 0.5) is 5.69 Å². The van der Waals surface area contributed by atoms with E-state index in [2.05, 4.69) is 40.2 Å². The molecule has 0 bridgehead atoms. The van der Waals surface area contributed by atoms with Gasteiger partial charge in [-0.1, -0.05) is 6.42 Å². The van der Waals surface area contributed by atoms with Crippen molar-refractivity contribution in [2.75, 3.05) is 5.73 Å². The Labute approximate surface area is 122 Å². The maximum atomic E-state index is 12.2. The molecule has 0 spiro atoms. The molecule has 4 nitrogen and oxygen atoms in total. The molecule has 2 rings (SSSR count). The molecule has 0 aromatic heterocycles. The van der Waals surface area contributed by atoms with Crippen LogP contribution in [0.2, 0.25) is 0 Å². The molecule has 0 saturated carbocycles. The van der Waals surface area contributed by atoms with E-state index in [1.807, 2.05) is 0 Å². The van der Waals surface area contributed by atoms with E-state index in [4.69, 9.17) is 5.73 Å². The molecule has 1 aromatic carbocycles. The Bertz CT molecular complexity index is 468. The highest BCUT2D eigenvalue weighted by molar-refractivity contribution is 9.10. The first kappa shape index (κ1) is 14.3. The van der Waals surface area contributed by atoms with E-state index in [1.54, 1.807) is 18.2 Å². The molecule has 1 amide bonds. The number of halogens is 1. The monoisotopic (exact) mass is 325 g/mol. The van der Waals surface area contributed by atoms with Crippen molar-refractivity contribution in [2.45, 2.75) is 45.2 Å². The first-order valence-corrected chi connectivity index (χ1v) is 7.42. The van der Waals surface area contributed by atoms with Crippen molar-refractivity contribution in [3.63, 3.8) is 0 Å². The SMILES string of the molecule is CC1CCCC(C)N1NC(=O)c1ccc(Br)c(N)c1. The number of rotatable bonds is 2. The van der Waals surface area contributed by atoms with Gasteiger partial charge in [0.2, 0.25) is 0 Å². The van der Waals surface area contributed by atoms with Crippen LogP contribution >= 0.6 is 15.9 Å². The molecular weight excluding hydrogens is 306 g/mol. The lowest BCUT2D eigenvalue weighted by Gasteiger charge is -2.38. The Kier molecular flexibility index (Phi) is 4.47. The zero-order valence-electron chi connectivity index (χ0n) is 11.3. The largest absolute Gasteiger partial charge is 0.398 e. The third kappa shape index (κ3) is 3.28. The average Bonchev–Trinajstić information content (AvgIpc) is 2.37. The number of nitrogens with one attached hydrogen (secondary N) is 1. The highest BCUT2D eigenvalue weighted by atomic mass is 79.9. The molecule has 5 heteroatoms. The molecule has 0 radical (unpaired) electrons. The Balaban J connectivity index is 2.09. The van der Waals surface area contributed by atoms with Crippen LogP contribution in [0.3, 0.4) is 0 Å². The summed E-state index contributed by atoms with van der Waals surface area (Å²) in [4.78, 5) is 12.2. The lowest BCUT2D eigenvalue weighted by atomic mass is 10.00. The van der Waals surface area contributed by atoms with Crippen LogP contribution in [-0.4, -0.2) is 23.0 Å². The van der Waals surface area contributed by atoms with Gasteiger partial charge in [-0.15, -0.1) is 0 Å². The molecule has 3 N–H and O–H groups in total. The smallest absolute Gasteiger partial charge is 0.265 e. The van der Waals surface area contributed by atoms with Gasteiger partial charge in [0.15, 0.2) is 0 Å². The van der Waals surface area contributed by atoms with Gasteiger partial charge in [-0.2, -0.15) is 0 Å². The molecule has 1 aliphatic heterocycles. The maximum Gasteiger partial charge on any atom is 0.265 e. The van der Waals surface area contributed by atoms with Crippen molar-refractivity contribution in [3.8, 4) is 0 Å². The molecule has 1 saturated heterocycles. The summed E-state index contributed by atoms with van der Waals surface area (Å²) in [7, 11) is 0. The summed E-state index contributed by atoms with van der Waals surface area (Å²) in [5, 5.41) is 2.06. The first-order chi connectivity index (χ1) is 8.99. The number of anilines is 1. The number of carbonyl (C=O) groups is 1. The molecule has 19 heavy (non-hydrogen) atoms. The second kappa shape index (κ2) is 5.92. The molecule has 1 aliphatic rings. The van der Waals surface area contributed by atoms with Crippen LogP contribution in [0.25, 0.3) is 0 Å². The molecule has 2 atom stereocenters. The van der Waals surface area contributed by atoms with Gasteiger partial charge < -0.3 is 5.73 Å². The van der Waals surface area contributed by atoms with Gasteiger partial charge in [-0.25, -0.2) is 5.01 Å². The van der Waals surface area contributed by atoms with Gasteiger partial charge in [0.1, 0.15) is 0 Å². The Morgan fingerprint density at radius 2 is 2.00 bits per heavy atom. The number of hydrogen-bond acceptors (Lipinski definition) is 3. The van der Waals surface area contributed by atoms with Crippen molar-refractivity contribution in [2.24, 2.45) is 0 Å². The summed E-state index contributed by atoms with van der Waals surface area (Å²) in [6.07, 6.45) is 3.46. The van der Waals surface area contributed by atoms with E-state index in [0.717, 1.165) is 17.3 Å². The van der Waals surface area contributed by atoms with E-state index >= 15 is 0 Å². The maximum absolute atomic E-state index is 12.2. The molecule has 1 heterocycles. The molecule has 104 valence electrons. The van der Waals surface area contributed by atoms with Crippen molar-refractivity contribution in [1.29, 1.82) is 0 Å². The minimum Gasteiger partial charge on any atom is -0.398 e. The number of amides is 1. The fourth-order valence-electron chi connectivity index (χ4n) is 2.51. The summed E-state index contributed by atoms with van der Waals surface area (Å²) in [6, 6.07) is 6.02. The number of nitrogen functional groups attached to an aromatic ring is 1. The van der Waals surface area contributed by atoms with E-state index in [-0.39, 0.29) is 5.91 Å². The van der Waals surface area contributed by atoms with Crippen LogP contribution in [0.5, 0.6) is 0 Å². The van der Waals surface area contributed by atoms with Crippen LogP contribution in [0.1, 0.15) is 43.5 Å². The predicted molar refractivity (Wildman–Crippen MR) is 80.6 cm³/mol. The Morgan fingerprint density at radius 3 is 2.58 bits per heavy atom. The molecule has 2 unspecified atom stereocenters. The Hall–Kier alpha value is -1.07. The van der Waals surface area contributed by atoms with E-state index in [9.17, 15) is 4.79 Å². The van der Waals surface area contributed by atoms with E-state index in [1.165, 1.54) is 6.42 Å². The van der Waals surface area contributed by atoms with Gasteiger partial charge >= 0.3 is 0 Å². The fourth-order valence-corrected chi connectivity index (χ4v) is 2.76. The summed E-state index contributed by atoms with van der Waals surface area (Å²) in [5.41, 5.74) is 9.98. The number of carbonyl (C=O) groups excluding carboxylic acids is 1. The lowest BCUT2D eigenvalue weighted by molar-refractivity contribution is 0.0370. The van der Waals surface area contributed by atoms with Crippen LogP contribution in [0, 0.1) is 0 Å². The normalized spacial score (nSPS) is 24.2. The van der Waals surface area contributed by atoms with Gasteiger partial charge in [-0.3, -0.25) is 10.2 Å². The Morgan fingerprint density at radius 1 is 1.37 bits per heavy atom. The van der Waals surface area contributed by atoms with Gasteiger partial charge in [0.05, 0.1) is 0 Å². The van der Waals surface area contributed by atoms with E-state index in [0.29, 0.717) is 23.3 Å². The molecule has 1 aromatic rings. The van der Waals surface area contributed by atoms with Crippen molar-refractivity contribution >= 4 is 27.5 Å². The topological polar surface area (TPSA) is 58.4 Å². The third-order valence-corrected chi connectivity index (χ3v) is 4.40. The summed E-state index contributed by atoms with van der Waals surface area (Å²) >= 11 is 3.33. The van der Waals surface area contributed by atoms with Crippen molar-refractivity contribution < 1.29 is 4.79 Å². The lowest BCUT2D eigenvalue weighted by Crippen LogP contribution is -2.54. The molecule has 1 fully saturated rings. The number of benzene rings is 1. The number of nitrogens with zero attached hydrogens (tertiary/aromatic N) is 1. The highest BCUT2D eigenvalue weighted by Gasteiger charge is 2.26.